The smallest absolute Gasteiger partial charge is 0.418 e. The molecule has 0 aliphatic carbocycles. The fourth-order valence-electron chi connectivity index (χ4n) is 1.90. The number of aliphatic hydroxyl groups is 1. The summed E-state index contributed by atoms with van der Waals surface area (Å²) in [6.07, 6.45) is -7.28. The number of benzene rings is 2. The molecule has 0 aliphatic rings. The number of aliphatic hydroxyl groups excluding tert-OH is 1. The molecule has 96 valence electrons. The number of ether oxygens (including phenoxy) is 1. The van der Waals surface area contributed by atoms with Gasteiger partial charge in [0, 0.05) is 5.56 Å². The Morgan fingerprint density at radius 2 is 1.78 bits per heavy atom. The summed E-state index contributed by atoms with van der Waals surface area (Å²) < 4.78 is 42.9. The first-order chi connectivity index (χ1) is 8.45. The quantitative estimate of drug-likeness (QED) is 0.891. The van der Waals surface area contributed by atoms with Gasteiger partial charge in [-0.2, -0.15) is 13.2 Å². The molecule has 0 aromatic heterocycles. The zero-order valence-corrected chi connectivity index (χ0v) is 9.53. The predicted molar refractivity (Wildman–Crippen MR) is 61.5 cm³/mol. The van der Waals surface area contributed by atoms with Crippen molar-refractivity contribution in [2.45, 2.75) is 12.3 Å². The molecule has 2 aromatic carbocycles. The predicted octanol–water partition coefficient (Wildman–Crippen LogP) is 3.44. The molecule has 5 heteroatoms. The molecule has 2 rings (SSSR count). The van der Waals surface area contributed by atoms with Crippen LogP contribution in [0.4, 0.5) is 13.2 Å². The fourth-order valence-corrected chi connectivity index (χ4v) is 1.90. The summed E-state index contributed by atoms with van der Waals surface area (Å²) in [5.74, 6) is 0.0264. The van der Waals surface area contributed by atoms with Crippen molar-refractivity contribution in [3.8, 4) is 5.75 Å². The highest BCUT2D eigenvalue weighted by Crippen LogP contribution is 2.40. The van der Waals surface area contributed by atoms with E-state index in [0.29, 0.717) is 10.8 Å². The Balaban J connectivity index is 2.72. The summed E-state index contributed by atoms with van der Waals surface area (Å²) >= 11 is 0. The highest BCUT2D eigenvalue weighted by atomic mass is 19.4. The lowest BCUT2D eigenvalue weighted by Crippen LogP contribution is -2.21. The van der Waals surface area contributed by atoms with Gasteiger partial charge in [-0.3, -0.25) is 0 Å². The molecule has 0 spiro atoms. The van der Waals surface area contributed by atoms with Gasteiger partial charge in [-0.1, -0.05) is 30.3 Å². The second-order valence-corrected chi connectivity index (χ2v) is 3.85. The van der Waals surface area contributed by atoms with Crippen LogP contribution in [-0.2, 0) is 0 Å². The number of methoxy groups -OCH3 is 1. The van der Waals surface area contributed by atoms with Crippen LogP contribution in [0, 0.1) is 0 Å². The first-order valence-corrected chi connectivity index (χ1v) is 5.25. The minimum absolute atomic E-state index is 0.0264. The van der Waals surface area contributed by atoms with Crippen molar-refractivity contribution in [2.24, 2.45) is 0 Å². The van der Waals surface area contributed by atoms with E-state index in [0.717, 1.165) is 0 Å². The number of halogens is 3. The van der Waals surface area contributed by atoms with Crippen LogP contribution < -0.4 is 4.74 Å². The van der Waals surface area contributed by atoms with Crippen LogP contribution in [0.2, 0.25) is 0 Å². The van der Waals surface area contributed by atoms with Gasteiger partial charge >= 0.3 is 6.18 Å². The molecule has 2 nitrogen and oxygen atoms in total. The van der Waals surface area contributed by atoms with Crippen molar-refractivity contribution in [1.29, 1.82) is 0 Å². The van der Waals surface area contributed by atoms with Gasteiger partial charge in [0.05, 0.1) is 7.11 Å². The minimum atomic E-state index is -4.72. The molecule has 0 bridgehead atoms. The van der Waals surface area contributed by atoms with Crippen LogP contribution in [0.15, 0.2) is 36.4 Å². The number of rotatable bonds is 2. The average molecular weight is 256 g/mol. The SMILES string of the molecule is COc1ccc2ccccc2c1[C@@H](O)C(F)(F)F. The standard InChI is InChI=1S/C13H11F3O2/c1-18-10-7-6-8-4-2-3-5-9(8)11(10)12(17)13(14,15)16/h2-7,12,17H,1H3/t12-/m1/s1. The van der Waals surface area contributed by atoms with Crippen molar-refractivity contribution in [2.75, 3.05) is 7.11 Å². The Kier molecular flexibility index (Phi) is 3.17. The zero-order chi connectivity index (χ0) is 13.3. The van der Waals surface area contributed by atoms with Crippen LogP contribution in [0.25, 0.3) is 10.8 Å². The van der Waals surface area contributed by atoms with E-state index in [-0.39, 0.29) is 11.3 Å². The number of hydrogen-bond acceptors (Lipinski definition) is 2. The monoisotopic (exact) mass is 256 g/mol. The molecule has 0 saturated carbocycles. The van der Waals surface area contributed by atoms with Gasteiger partial charge in [-0.05, 0) is 16.8 Å². The largest absolute Gasteiger partial charge is 0.496 e. The van der Waals surface area contributed by atoms with Crippen LogP contribution in [-0.4, -0.2) is 18.4 Å². The molecule has 1 atom stereocenters. The van der Waals surface area contributed by atoms with E-state index < -0.39 is 12.3 Å². The zero-order valence-electron chi connectivity index (χ0n) is 9.53. The Bertz CT molecular complexity index is 564. The molecule has 0 aliphatic heterocycles. The Morgan fingerprint density at radius 1 is 1.11 bits per heavy atom. The van der Waals surface area contributed by atoms with Gasteiger partial charge in [0.1, 0.15) is 5.75 Å². The van der Waals surface area contributed by atoms with Gasteiger partial charge in [-0.15, -0.1) is 0 Å². The molecular weight excluding hydrogens is 245 g/mol. The van der Waals surface area contributed by atoms with Crippen LogP contribution in [0.3, 0.4) is 0 Å². The molecule has 0 saturated heterocycles. The Labute approximate surface area is 102 Å². The van der Waals surface area contributed by atoms with Gasteiger partial charge in [0.15, 0.2) is 6.10 Å². The van der Waals surface area contributed by atoms with Crippen molar-refractivity contribution < 1.29 is 23.0 Å². The number of fused-ring (bicyclic) bond motifs is 1. The van der Waals surface area contributed by atoms with Gasteiger partial charge in [0.2, 0.25) is 0 Å². The maximum Gasteiger partial charge on any atom is 0.418 e. The third-order valence-electron chi connectivity index (χ3n) is 2.73. The fraction of sp³-hybridized carbons (Fsp3) is 0.231. The van der Waals surface area contributed by atoms with Crippen molar-refractivity contribution >= 4 is 10.8 Å². The molecular formula is C13H11F3O2. The van der Waals surface area contributed by atoms with E-state index in [9.17, 15) is 18.3 Å². The molecule has 0 heterocycles. The normalized spacial score (nSPS) is 13.6. The summed E-state index contributed by atoms with van der Waals surface area (Å²) in [6.45, 7) is 0. The van der Waals surface area contributed by atoms with Crippen molar-refractivity contribution in [3.63, 3.8) is 0 Å². The lowest BCUT2D eigenvalue weighted by Gasteiger charge is -2.19. The third-order valence-corrected chi connectivity index (χ3v) is 2.73. The summed E-state index contributed by atoms with van der Waals surface area (Å²) in [6, 6.07) is 9.63. The number of alkyl halides is 3. The Hall–Kier alpha value is -1.75. The molecule has 0 unspecified atom stereocenters. The molecule has 0 amide bonds. The van der Waals surface area contributed by atoms with Crippen LogP contribution in [0.5, 0.6) is 5.75 Å². The maximum absolute atomic E-state index is 12.7. The summed E-state index contributed by atoms with van der Waals surface area (Å²) in [4.78, 5) is 0. The third kappa shape index (κ3) is 2.13. The Morgan fingerprint density at radius 3 is 2.39 bits per heavy atom. The highest BCUT2D eigenvalue weighted by Gasteiger charge is 2.41. The topological polar surface area (TPSA) is 29.5 Å². The molecule has 0 radical (unpaired) electrons. The molecule has 18 heavy (non-hydrogen) atoms. The second-order valence-electron chi connectivity index (χ2n) is 3.85. The van der Waals surface area contributed by atoms with Crippen LogP contribution in [0.1, 0.15) is 11.7 Å². The minimum Gasteiger partial charge on any atom is -0.496 e. The summed E-state index contributed by atoms with van der Waals surface area (Å²) in [7, 11) is 1.27. The van der Waals surface area contributed by atoms with Crippen molar-refractivity contribution in [3.05, 3.63) is 42.0 Å². The van der Waals surface area contributed by atoms with E-state index in [1.54, 1.807) is 24.3 Å². The van der Waals surface area contributed by atoms with E-state index in [2.05, 4.69) is 0 Å². The van der Waals surface area contributed by atoms with E-state index in [1.807, 2.05) is 0 Å². The van der Waals surface area contributed by atoms with E-state index in [1.165, 1.54) is 19.2 Å². The number of hydrogen-bond donors (Lipinski definition) is 1. The lowest BCUT2D eigenvalue weighted by molar-refractivity contribution is -0.206. The van der Waals surface area contributed by atoms with Gasteiger partial charge in [0.25, 0.3) is 0 Å². The molecule has 2 aromatic rings. The van der Waals surface area contributed by atoms with E-state index >= 15 is 0 Å². The summed E-state index contributed by atoms with van der Waals surface area (Å²) in [5, 5.41) is 10.4. The second kappa shape index (κ2) is 4.49. The maximum atomic E-state index is 12.7. The lowest BCUT2D eigenvalue weighted by atomic mass is 9.99. The molecule has 1 N–H and O–H groups in total. The first-order valence-electron chi connectivity index (χ1n) is 5.25. The van der Waals surface area contributed by atoms with Gasteiger partial charge < -0.3 is 9.84 Å². The first kappa shape index (κ1) is 12.7. The average Bonchev–Trinajstić information content (AvgIpc) is 2.35. The van der Waals surface area contributed by atoms with Crippen LogP contribution >= 0.6 is 0 Å². The summed E-state index contributed by atoms with van der Waals surface area (Å²) in [5.41, 5.74) is -0.247. The van der Waals surface area contributed by atoms with Crippen molar-refractivity contribution in [1.82, 2.24) is 0 Å². The molecule has 0 fully saturated rings. The van der Waals surface area contributed by atoms with Gasteiger partial charge in [-0.25, -0.2) is 0 Å². The highest BCUT2D eigenvalue weighted by molar-refractivity contribution is 5.88. The van der Waals surface area contributed by atoms with E-state index in [4.69, 9.17) is 4.74 Å².